The van der Waals surface area contributed by atoms with Gasteiger partial charge in [0.15, 0.2) is 0 Å². The Morgan fingerprint density at radius 2 is 1.95 bits per heavy atom. The van der Waals surface area contributed by atoms with E-state index in [2.05, 4.69) is 11.2 Å². The van der Waals surface area contributed by atoms with Gasteiger partial charge in [-0.1, -0.05) is 30.2 Å². The van der Waals surface area contributed by atoms with Crippen molar-refractivity contribution in [1.82, 2.24) is 5.32 Å². The van der Waals surface area contributed by atoms with Crippen molar-refractivity contribution in [2.75, 3.05) is 17.4 Å². The van der Waals surface area contributed by atoms with Crippen LogP contribution in [-0.2, 0) is 14.8 Å². The molecule has 2 aromatic rings. The normalized spacial score (nSPS) is 14.9. The van der Waals surface area contributed by atoms with Gasteiger partial charge in [-0.25, -0.2) is 8.42 Å². The Hall–Kier alpha value is -2.52. The summed E-state index contributed by atoms with van der Waals surface area (Å²) in [5.41, 5.74) is 0.527. The number of rotatable bonds is 3. The lowest BCUT2D eigenvalue weighted by Crippen LogP contribution is -2.39. The van der Waals surface area contributed by atoms with Crippen molar-refractivity contribution < 1.29 is 13.2 Å². The molecule has 0 saturated heterocycles. The molecule has 0 bridgehead atoms. The van der Waals surface area contributed by atoms with E-state index in [9.17, 15) is 13.2 Å². The van der Waals surface area contributed by atoms with Gasteiger partial charge in [-0.2, -0.15) is 0 Å². The highest BCUT2D eigenvalue weighted by atomic mass is 32.2. The van der Waals surface area contributed by atoms with Gasteiger partial charge in [0, 0.05) is 5.39 Å². The van der Waals surface area contributed by atoms with Gasteiger partial charge in [0.2, 0.25) is 5.91 Å². The molecule has 0 atom stereocenters. The highest BCUT2D eigenvalue weighted by Crippen LogP contribution is 2.41. The monoisotopic (exact) mass is 300 g/mol. The van der Waals surface area contributed by atoms with E-state index in [4.69, 9.17) is 6.42 Å². The van der Waals surface area contributed by atoms with Gasteiger partial charge in [0.25, 0.3) is 10.0 Å². The second-order valence-corrected chi connectivity index (χ2v) is 6.45. The third kappa shape index (κ3) is 2.03. The first-order valence-electron chi connectivity index (χ1n) is 6.30. The molecule has 5 nitrogen and oxygen atoms in total. The molecule has 2 aromatic carbocycles. The Kier molecular flexibility index (Phi) is 3.07. The molecule has 0 fully saturated rings. The molecule has 3 rings (SSSR count). The van der Waals surface area contributed by atoms with Crippen LogP contribution in [0.15, 0.2) is 41.3 Å². The van der Waals surface area contributed by atoms with Crippen molar-refractivity contribution in [3.05, 3.63) is 36.4 Å². The number of terminal acetylenes is 1. The van der Waals surface area contributed by atoms with Gasteiger partial charge in [0.05, 0.1) is 17.1 Å². The number of anilines is 1. The maximum atomic E-state index is 12.6. The first-order valence-corrected chi connectivity index (χ1v) is 7.74. The molecule has 1 aliphatic rings. The number of amides is 1. The van der Waals surface area contributed by atoms with Crippen molar-refractivity contribution in [2.24, 2.45) is 0 Å². The van der Waals surface area contributed by atoms with Crippen LogP contribution in [0.5, 0.6) is 0 Å². The number of nitrogens with one attached hydrogen (secondary N) is 1. The third-order valence-corrected chi connectivity index (χ3v) is 5.16. The fraction of sp³-hybridized carbons (Fsp3) is 0.133. The maximum absolute atomic E-state index is 12.6. The molecule has 0 saturated carbocycles. The first kappa shape index (κ1) is 13.5. The fourth-order valence-electron chi connectivity index (χ4n) is 2.46. The number of sulfonamides is 1. The molecule has 0 radical (unpaired) electrons. The quantitative estimate of drug-likeness (QED) is 0.863. The van der Waals surface area contributed by atoms with Crippen LogP contribution in [0.3, 0.4) is 0 Å². The van der Waals surface area contributed by atoms with E-state index in [0.717, 1.165) is 9.69 Å². The summed E-state index contributed by atoms with van der Waals surface area (Å²) in [7, 11) is -3.70. The second-order valence-electron chi connectivity index (χ2n) is 4.62. The zero-order valence-electron chi connectivity index (χ0n) is 11.0. The minimum atomic E-state index is -3.70. The third-order valence-electron chi connectivity index (χ3n) is 3.36. The summed E-state index contributed by atoms with van der Waals surface area (Å²) in [4.78, 5) is 12.0. The molecule has 0 spiro atoms. The summed E-state index contributed by atoms with van der Waals surface area (Å²) in [6.45, 7) is -0.207. The Labute approximate surface area is 122 Å². The Morgan fingerprint density at radius 3 is 2.67 bits per heavy atom. The average Bonchev–Trinajstić information content (AvgIpc) is 2.69. The smallest absolute Gasteiger partial charge is 0.265 e. The molecule has 0 aromatic heterocycles. The van der Waals surface area contributed by atoms with E-state index in [1.54, 1.807) is 24.3 Å². The second kappa shape index (κ2) is 4.79. The summed E-state index contributed by atoms with van der Waals surface area (Å²) in [6.07, 6.45) is 5.07. The molecular formula is C15H12N2O3S. The van der Waals surface area contributed by atoms with Gasteiger partial charge in [0.1, 0.15) is 6.54 Å². The van der Waals surface area contributed by atoms with E-state index in [1.165, 1.54) is 0 Å². The number of hydrogen-bond donors (Lipinski definition) is 1. The maximum Gasteiger partial charge on any atom is 0.265 e. The molecule has 0 unspecified atom stereocenters. The van der Waals surface area contributed by atoms with E-state index >= 15 is 0 Å². The van der Waals surface area contributed by atoms with Crippen LogP contribution in [0, 0.1) is 12.3 Å². The Bertz CT molecular complexity index is 876. The molecule has 1 N–H and O–H groups in total. The highest BCUT2D eigenvalue weighted by molar-refractivity contribution is 7.93. The molecule has 106 valence electrons. The predicted octanol–water partition coefficient (Wildman–Crippen LogP) is 1.10. The number of benzene rings is 2. The minimum Gasteiger partial charge on any atom is -0.344 e. The van der Waals surface area contributed by atoms with Crippen LogP contribution < -0.4 is 9.62 Å². The zero-order chi connectivity index (χ0) is 15.0. The van der Waals surface area contributed by atoms with Gasteiger partial charge in [-0.15, -0.1) is 6.42 Å². The average molecular weight is 300 g/mol. The van der Waals surface area contributed by atoms with Gasteiger partial charge in [-0.05, 0) is 17.5 Å². The van der Waals surface area contributed by atoms with E-state index in [1.807, 2.05) is 12.1 Å². The van der Waals surface area contributed by atoms with Crippen LogP contribution in [0.1, 0.15) is 0 Å². The minimum absolute atomic E-state index is 0.0733. The van der Waals surface area contributed by atoms with Crippen molar-refractivity contribution in [2.45, 2.75) is 4.90 Å². The molecular weight excluding hydrogens is 288 g/mol. The molecule has 21 heavy (non-hydrogen) atoms. The lowest BCUT2D eigenvalue weighted by Gasteiger charge is -2.17. The van der Waals surface area contributed by atoms with Crippen LogP contribution in [-0.4, -0.2) is 27.4 Å². The number of hydrogen-bond acceptors (Lipinski definition) is 3. The van der Waals surface area contributed by atoms with Crippen molar-refractivity contribution in [3.63, 3.8) is 0 Å². The number of carbonyl (C=O) groups excluding carboxylic acids is 1. The van der Waals surface area contributed by atoms with Crippen LogP contribution >= 0.6 is 0 Å². The van der Waals surface area contributed by atoms with Crippen LogP contribution in [0.2, 0.25) is 0 Å². The lowest BCUT2D eigenvalue weighted by atomic mass is 10.1. The van der Waals surface area contributed by atoms with Gasteiger partial charge < -0.3 is 5.32 Å². The van der Waals surface area contributed by atoms with Gasteiger partial charge >= 0.3 is 0 Å². The Morgan fingerprint density at radius 1 is 1.24 bits per heavy atom. The summed E-state index contributed by atoms with van der Waals surface area (Å²) in [5, 5.41) is 3.97. The summed E-state index contributed by atoms with van der Waals surface area (Å²) >= 11 is 0. The highest BCUT2D eigenvalue weighted by Gasteiger charge is 2.36. The largest absolute Gasteiger partial charge is 0.344 e. The van der Waals surface area contributed by atoms with Crippen molar-refractivity contribution in [3.8, 4) is 12.3 Å². The van der Waals surface area contributed by atoms with Crippen molar-refractivity contribution >= 4 is 32.4 Å². The van der Waals surface area contributed by atoms with E-state index < -0.39 is 15.9 Å². The standard InChI is InChI=1S/C15H12N2O3S/c1-2-9-16-14(18)10-17-12-7-3-5-11-6-4-8-13(15(11)12)21(17,19)20/h1,3-8H,9-10H2,(H,16,18). The first-order chi connectivity index (χ1) is 10.1. The molecule has 1 amide bonds. The van der Waals surface area contributed by atoms with Crippen LogP contribution in [0.25, 0.3) is 10.8 Å². The Balaban J connectivity index is 2.07. The van der Waals surface area contributed by atoms with Crippen LogP contribution in [0.4, 0.5) is 5.69 Å². The van der Waals surface area contributed by atoms with E-state index in [0.29, 0.717) is 11.1 Å². The SMILES string of the molecule is C#CCNC(=O)CN1c2cccc3cccc(c23)S1(=O)=O. The zero-order valence-corrected chi connectivity index (χ0v) is 11.9. The number of carbonyl (C=O) groups is 1. The topological polar surface area (TPSA) is 66.5 Å². The lowest BCUT2D eigenvalue weighted by molar-refractivity contribution is -0.119. The summed E-state index contributed by atoms with van der Waals surface area (Å²) in [6, 6.07) is 10.4. The summed E-state index contributed by atoms with van der Waals surface area (Å²) in [5.74, 6) is 1.85. The number of nitrogens with zero attached hydrogens (tertiary/aromatic N) is 1. The van der Waals surface area contributed by atoms with E-state index in [-0.39, 0.29) is 18.0 Å². The molecule has 1 heterocycles. The fourth-order valence-corrected chi connectivity index (χ4v) is 4.13. The van der Waals surface area contributed by atoms with Gasteiger partial charge in [-0.3, -0.25) is 9.10 Å². The molecule has 6 heteroatoms. The predicted molar refractivity (Wildman–Crippen MR) is 80.3 cm³/mol. The summed E-state index contributed by atoms with van der Waals surface area (Å²) < 4.78 is 26.3. The van der Waals surface area contributed by atoms with Crippen molar-refractivity contribution in [1.29, 1.82) is 0 Å². The molecule has 1 aliphatic heterocycles. The molecule has 0 aliphatic carbocycles.